The van der Waals surface area contributed by atoms with Crippen molar-refractivity contribution in [1.82, 2.24) is 10.1 Å². The number of methoxy groups -OCH3 is 1. The minimum absolute atomic E-state index is 0.186. The molecule has 4 rings (SSSR count). The normalized spacial score (nSPS) is 13.0. The Morgan fingerprint density at radius 1 is 1.10 bits per heavy atom. The molecule has 7 heteroatoms. The first kappa shape index (κ1) is 20.7. The van der Waals surface area contributed by atoms with Gasteiger partial charge in [-0.25, -0.2) is 4.79 Å². The number of nitrogens with zero attached hydrogens (tertiary/aromatic N) is 2. The molecule has 2 aromatic carbocycles. The maximum absolute atomic E-state index is 12.9. The Morgan fingerprint density at radius 2 is 1.81 bits per heavy atom. The van der Waals surface area contributed by atoms with Gasteiger partial charge < -0.3 is 18.9 Å². The molecule has 1 fully saturated rings. The fourth-order valence-corrected chi connectivity index (χ4v) is 3.42. The number of carbonyl (C=O) groups is 2. The number of carbonyl (C=O) groups excluding carboxylic acids is 2. The van der Waals surface area contributed by atoms with Gasteiger partial charge in [0, 0.05) is 18.2 Å². The molecule has 3 aromatic rings. The fraction of sp³-hybridized carbons (Fsp3) is 0.292. The van der Waals surface area contributed by atoms with E-state index in [1.165, 1.54) is 0 Å². The van der Waals surface area contributed by atoms with Gasteiger partial charge in [0.15, 0.2) is 6.61 Å². The molecule has 1 amide bonds. The summed E-state index contributed by atoms with van der Waals surface area (Å²) in [6, 6.07) is 17.0. The molecule has 1 saturated carbocycles. The van der Waals surface area contributed by atoms with Crippen molar-refractivity contribution in [3.63, 3.8) is 0 Å². The number of aryl methyl sites for hydroxylation is 1. The zero-order valence-corrected chi connectivity index (χ0v) is 17.5. The Morgan fingerprint density at radius 3 is 2.45 bits per heavy atom. The molecule has 0 unspecified atom stereocenters. The Kier molecular flexibility index (Phi) is 6.02. The molecule has 0 aliphatic heterocycles. The largest absolute Gasteiger partial charge is 0.497 e. The molecule has 0 radical (unpaired) electrons. The third-order valence-electron chi connectivity index (χ3n) is 5.26. The average Bonchev–Trinajstić information content (AvgIpc) is 3.57. The van der Waals surface area contributed by atoms with E-state index in [1.54, 1.807) is 18.9 Å². The maximum Gasteiger partial charge on any atom is 0.344 e. The van der Waals surface area contributed by atoms with Crippen LogP contribution in [0.4, 0.5) is 0 Å². The Balaban J connectivity index is 1.42. The number of aromatic nitrogens is 1. The van der Waals surface area contributed by atoms with Crippen LogP contribution in [0.25, 0.3) is 11.3 Å². The Labute approximate surface area is 180 Å². The van der Waals surface area contributed by atoms with Gasteiger partial charge in [-0.15, -0.1) is 0 Å². The number of benzene rings is 2. The van der Waals surface area contributed by atoms with Crippen molar-refractivity contribution < 1.29 is 23.6 Å². The van der Waals surface area contributed by atoms with Crippen LogP contribution >= 0.6 is 0 Å². The molecular weight excluding hydrogens is 396 g/mol. The van der Waals surface area contributed by atoms with Gasteiger partial charge in [0.1, 0.15) is 22.8 Å². The van der Waals surface area contributed by atoms with E-state index >= 15 is 0 Å². The van der Waals surface area contributed by atoms with Crippen LogP contribution in [0.3, 0.4) is 0 Å². The SMILES string of the molecule is COc1ccc(CN(C(=O)COC(=O)c2c(-c3ccccc3)noc2C)C2CC2)cc1. The van der Waals surface area contributed by atoms with Crippen LogP contribution in [-0.4, -0.2) is 41.7 Å². The first-order valence-corrected chi connectivity index (χ1v) is 10.2. The number of rotatable bonds is 8. The third-order valence-corrected chi connectivity index (χ3v) is 5.26. The van der Waals surface area contributed by atoms with Crippen LogP contribution < -0.4 is 4.74 Å². The zero-order chi connectivity index (χ0) is 21.8. The van der Waals surface area contributed by atoms with Gasteiger partial charge in [-0.1, -0.05) is 47.6 Å². The fourth-order valence-electron chi connectivity index (χ4n) is 3.42. The van der Waals surface area contributed by atoms with Crippen molar-refractivity contribution in [2.24, 2.45) is 0 Å². The standard InChI is InChI=1S/C24H24N2O5/c1-16-22(23(25-31-16)18-6-4-3-5-7-18)24(28)30-15-21(27)26(19-10-11-19)14-17-8-12-20(29-2)13-9-17/h3-9,12-13,19H,10-11,14-15H2,1-2H3. The third kappa shape index (κ3) is 4.77. The van der Waals surface area contributed by atoms with E-state index in [-0.39, 0.29) is 24.1 Å². The van der Waals surface area contributed by atoms with Crippen molar-refractivity contribution in [2.75, 3.05) is 13.7 Å². The van der Waals surface area contributed by atoms with Crippen molar-refractivity contribution >= 4 is 11.9 Å². The van der Waals surface area contributed by atoms with E-state index in [4.69, 9.17) is 14.0 Å². The average molecular weight is 420 g/mol. The van der Waals surface area contributed by atoms with E-state index in [2.05, 4.69) is 5.16 Å². The van der Waals surface area contributed by atoms with Crippen molar-refractivity contribution in [3.8, 4) is 17.0 Å². The Hall–Kier alpha value is -3.61. The molecule has 1 aromatic heterocycles. The van der Waals surface area contributed by atoms with Crippen molar-refractivity contribution in [2.45, 2.75) is 32.4 Å². The van der Waals surface area contributed by atoms with Crippen LogP contribution in [0.2, 0.25) is 0 Å². The summed E-state index contributed by atoms with van der Waals surface area (Å²) in [7, 11) is 1.61. The van der Waals surface area contributed by atoms with Gasteiger partial charge in [0.2, 0.25) is 0 Å². The van der Waals surface area contributed by atoms with E-state index in [9.17, 15) is 9.59 Å². The van der Waals surface area contributed by atoms with Gasteiger partial charge in [-0.2, -0.15) is 0 Å². The van der Waals surface area contributed by atoms with Gasteiger partial charge in [-0.3, -0.25) is 4.79 Å². The molecular formula is C24H24N2O5. The molecule has 0 saturated heterocycles. The molecule has 0 atom stereocenters. The molecule has 7 nitrogen and oxygen atoms in total. The summed E-state index contributed by atoms with van der Waals surface area (Å²) in [5.74, 6) is 0.280. The summed E-state index contributed by atoms with van der Waals surface area (Å²) in [6.07, 6.45) is 1.91. The predicted octanol–water partition coefficient (Wildman–Crippen LogP) is 4.01. The molecule has 1 aliphatic rings. The molecule has 0 spiro atoms. The van der Waals surface area contributed by atoms with Crippen molar-refractivity contribution in [3.05, 3.63) is 71.5 Å². The number of ether oxygens (including phenoxy) is 2. The smallest absolute Gasteiger partial charge is 0.344 e. The summed E-state index contributed by atoms with van der Waals surface area (Å²) in [5, 5.41) is 4.00. The van der Waals surface area contributed by atoms with Crippen LogP contribution in [0.5, 0.6) is 5.75 Å². The highest BCUT2D eigenvalue weighted by Gasteiger charge is 2.33. The molecule has 0 bridgehead atoms. The number of esters is 1. The second-order valence-corrected chi connectivity index (χ2v) is 7.51. The van der Waals surface area contributed by atoms with Crippen LogP contribution in [0.1, 0.15) is 34.5 Å². The highest BCUT2D eigenvalue weighted by molar-refractivity contribution is 5.98. The lowest BCUT2D eigenvalue weighted by Crippen LogP contribution is -2.36. The van der Waals surface area contributed by atoms with E-state index < -0.39 is 5.97 Å². The lowest BCUT2D eigenvalue weighted by molar-refractivity contribution is -0.135. The second kappa shape index (κ2) is 9.04. The van der Waals surface area contributed by atoms with Crippen LogP contribution in [0, 0.1) is 6.92 Å². The summed E-state index contributed by atoms with van der Waals surface area (Å²) >= 11 is 0. The van der Waals surface area contributed by atoms with Gasteiger partial charge >= 0.3 is 5.97 Å². The van der Waals surface area contributed by atoms with E-state index in [1.807, 2.05) is 54.6 Å². The highest BCUT2D eigenvalue weighted by atomic mass is 16.5. The number of hydrogen-bond donors (Lipinski definition) is 0. The molecule has 1 heterocycles. The summed E-state index contributed by atoms with van der Waals surface area (Å²) in [5.41, 5.74) is 2.39. The minimum atomic E-state index is -0.619. The number of hydrogen-bond acceptors (Lipinski definition) is 6. The first-order chi connectivity index (χ1) is 15.1. The summed E-state index contributed by atoms with van der Waals surface area (Å²) in [6.45, 7) is 1.79. The number of amides is 1. The van der Waals surface area contributed by atoms with Crippen LogP contribution in [-0.2, 0) is 16.1 Å². The molecule has 160 valence electrons. The lowest BCUT2D eigenvalue weighted by Gasteiger charge is -2.22. The van der Waals surface area contributed by atoms with E-state index in [0.29, 0.717) is 18.0 Å². The van der Waals surface area contributed by atoms with Gasteiger partial charge in [-0.05, 0) is 37.5 Å². The van der Waals surface area contributed by atoms with E-state index in [0.717, 1.165) is 29.7 Å². The highest BCUT2D eigenvalue weighted by Crippen LogP contribution is 2.29. The lowest BCUT2D eigenvalue weighted by atomic mass is 10.1. The monoisotopic (exact) mass is 420 g/mol. The minimum Gasteiger partial charge on any atom is -0.497 e. The van der Waals surface area contributed by atoms with Crippen molar-refractivity contribution in [1.29, 1.82) is 0 Å². The summed E-state index contributed by atoms with van der Waals surface area (Å²) in [4.78, 5) is 27.4. The zero-order valence-electron chi connectivity index (χ0n) is 17.5. The van der Waals surface area contributed by atoms with Gasteiger partial charge in [0.05, 0.1) is 7.11 Å². The molecule has 31 heavy (non-hydrogen) atoms. The topological polar surface area (TPSA) is 81.9 Å². The second-order valence-electron chi connectivity index (χ2n) is 7.51. The molecule has 0 N–H and O–H groups in total. The summed E-state index contributed by atoms with van der Waals surface area (Å²) < 4.78 is 15.8. The maximum atomic E-state index is 12.9. The predicted molar refractivity (Wildman–Crippen MR) is 114 cm³/mol. The van der Waals surface area contributed by atoms with Crippen LogP contribution in [0.15, 0.2) is 59.1 Å². The van der Waals surface area contributed by atoms with Gasteiger partial charge in [0.25, 0.3) is 5.91 Å². The Bertz CT molecular complexity index is 1060. The quantitative estimate of drug-likeness (QED) is 0.512. The molecule has 1 aliphatic carbocycles. The first-order valence-electron chi connectivity index (χ1n) is 10.2.